The van der Waals surface area contributed by atoms with Crippen molar-refractivity contribution in [2.45, 2.75) is 32.4 Å². The zero-order chi connectivity index (χ0) is 14.9. The van der Waals surface area contributed by atoms with Crippen molar-refractivity contribution in [3.05, 3.63) is 77.9 Å². The molecule has 0 aliphatic carbocycles. The Bertz CT molecular complexity index is 626. The molecule has 2 heteroatoms. The number of benzene rings is 2. The molecule has 2 aromatic carbocycles. The van der Waals surface area contributed by atoms with Crippen molar-refractivity contribution in [3.8, 4) is 0 Å². The van der Waals surface area contributed by atoms with Gasteiger partial charge in [-0.15, -0.1) is 5.06 Å². The number of hydrogen-bond donors (Lipinski definition) is 0. The van der Waals surface area contributed by atoms with Crippen molar-refractivity contribution in [2.75, 3.05) is 0 Å². The van der Waals surface area contributed by atoms with Crippen LogP contribution in [0.3, 0.4) is 0 Å². The van der Waals surface area contributed by atoms with Crippen LogP contribution in [0, 0.1) is 0 Å². The van der Waals surface area contributed by atoms with Crippen molar-refractivity contribution in [2.24, 2.45) is 0 Å². The van der Waals surface area contributed by atoms with Crippen LogP contribution in [0.15, 0.2) is 66.7 Å². The highest BCUT2D eigenvalue weighted by atomic mass is 16.7. The first-order chi connectivity index (χ1) is 10.1. The number of nitrogens with zero attached hydrogens (tertiary/aromatic N) is 1. The van der Waals surface area contributed by atoms with E-state index in [2.05, 4.69) is 68.3 Å². The first-order valence-electron chi connectivity index (χ1n) is 7.35. The summed E-state index contributed by atoms with van der Waals surface area (Å²) in [5, 5.41) is 2.07. The highest BCUT2D eigenvalue weighted by molar-refractivity contribution is 5.62. The molecule has 0 aromatic heterocycles. The van der Waals surface area contributed by atoms with Crippen LogP contribution in [0.4, 0.5) is 0 Å². The van der Waals surface area contributed by atoms with Crippen molar-refractivity contribution < 1.29 is 4.84 Å². The van der Waals surface area contributed by atoms with Gasteiger partial charge < -0.3 is 4.84 Å². The smallest absolute Gasteiger partial charge is 0.152 e. The molecule has 0 fully saturated rings. The minimum atomic E-state index is -0.0759. The van der Waals surface area contributed by atoms with E-state index in [0.717, 1.165) is 11.3 Å². The highest BCUT2D eigenvalue weighted by Crippen LogP contribution is 2.39. The molecule has 2 nitrogen and oxygen atoms in total. The topological polar surface area (TPSA) is 12.5 Å². The third kappa shape index (κ3) is 2.86. The Morgan fingerprint density at radius 2 is 1.43 bits per heavy atom. The third-order valence-corrected chi connectivity index (χ3v) is 3.62. The quantitative estimate of drug-likeness (QED) is 0.782. The van der Waals surface area contributed by atoms with Crippen molar-refractivity contribution in [1.29, 1.82) is 0 Å². The van der Waals surface area contributed by atoms with Crippen LogP contribution < -0.4 is 0 Å². The van der Waals surface area contributed by atoms with Crippen molar-refractivity contribution in [1.82, 2.24) is 5.06 Å². The Morgan fingerprint density at radius 3 is 2.00 bits per heavy atom. The minimum absolute atomic E-state index is 0.0759. The van der Waals surface area contributed by atoms with Gasteiger partial charge in [0, 0.05) is 11.1 Å². The Labute approximate surface area is 126 Å². The first-order valence-corrected chi connectivity index (χ1v) is 7.35. The Hall–Kier alpha value is -2.06. The van der Waals surface area contributed by atoms with E-state index in [9.17, 15) is 0 Å². The molecule has 0 radical (unpaired) electrons. The normalized spacial score (nSPS) is 19.2. The summed E-state index contributed by atoms with van der Waals surface area (Å²) in [6.45, 7) is 6.51. The zero-order valence-corrected chi connectivity index (χ0v) is 12.8. The summed E-state index contributed by atoms with van der Waals surface area (Å²) in [7, 11) is 0. The molecule has 0 bridgehead atoms. The van der Waals surface area contributed by atoms with Crippen molar-refractivity contribution >= 4 is 5.76 Å². The second-order valence-electron chi connectivity index (χ2n) is 6.34. The Balaban J connectivity index is 1.99. The maximum absolute atomic E-state index is 6.17. The molecule has 0 saturated carbocycles. The maximum atomic E-state index is 6.17. The molecule has 1 aliphatic heterocycles. The van der Waals surface area contributed by atoms with E-state index >= 15 is 0 Å². The first kappa shape index (κ1) is 13.9. The summed E-state index contributed by atoms with van der Waals surface area (Å²) in [4.78, 5) is 6.17. The van der Waals surface area contributed by atoms with Gasteiger partial charge in [0.15, 0.2) is 5.76 Å². The van der Waals surface area contributed by atoms with Gasteiger partial charge in [0.05, 0.1) is 6.04 Å². The molecule has 0 saturated heterocycles. The van der Waals surface area contributed by atoms with Gasteiger partial charge in [-0.25, -0.2) is 0 Å². The summed E-state index contributed by atoms with van der Waals surface area (Å²) >= 11 is 0. The van der Waals surface area contributed by atoms with E-state index in [0.29, 0.717) is 0 Å². The van der Waals surface area contributed by atoms with E-state index < -0.39 is 0 Å². The van der Waals surface area contributed by atoms with E-state index in [1.807, 2.05) is 24.3 Å². The molecule has 1 aliphatic rings. The van der Waals surface area contributed by atoms with E-state index in [1.165, 1.54) is 5.56 Å². The zero-order valence-electron chi connectivity index (χ0n) is 12.8. The molecule has 1 unspecified atom stereocenters. The largest absolute Gasteiger partial charge is 0.404 e. The number of hydrogen-bond acceptors (Lipinski definition) is 2. The van der Waals surface area contributed by atoms with Crippen LogP contribution in [0.1, 0.15) is 37.9 Å². The molecule has 3 rings (SSSR count). The summed E-state index contributed by atoms with van der Waals surface area (Å²) in [5.41, 5.74) is 2.29. The summed E-state index contributed by atoms with van der Waals surface area (Å²) in [6, 6.07) is 20.9. The van der Waals surface area contributed by atoms with Crippen LogP contribution in [0.25, 0.3) is 5.76 Å². The molecular formula is C19H21NO. The summed E-state index contributed by atoms with van der Waals surface area (Å²) in [5.74, 6) is 0.930. The van der Waals surface area contributed by atoms with Crippen LogP contribution in [-0.4, -0.2) is 10.6 Å². The average molecular weight is 279 g/mol. The second-order valence-corrected chi connectivity index (χ2v) is 6.34. The van der Waals surface area contributed by atoms with Gasteiger partial charge in [-0.3, -0.25) is 0 Å². The van der Waals surface area contributed by atoms with E-state index in [4.69, 9.17) is 4.84 Å². The van der Waals surface area contributed by atoms with Gasteiger partial charge in [-0.05, 0) is 32.4 Å². The molecule has 1 heterocycles. The fourth-order valence-electron chi connectivity index (χ4n) is 2.59. The summed E-state index contributed by atoms with van der Waals surface area (Å²) < 4.78 is 0. The molecular weight excluding hydrogens is 258 g/mol. The fraction of sp³-hybridized carbons (Fsp3) is 0.263. The maximum Gasteiger partial charge on any atom is 0.152 e. The van der Waals surface area contributed by atoms with Gasteiger partial charge in [0.25, 0.3) is 0 Å². The molecule has 2 aromatic rings. The molecule has 0 spiro atoms. The lowest BCUT2D eigenvalue weighted by molar-refractivity contribution is -0.156. The lowest BCUT2D eigenvalue weighted by atomic mass is 10.0. The summed E-state index contributed by atoms with van der Waals surface area (Å²) in [6.07, 6.45) is 2.20. The van der Waals surface area contributed by atoms with Gasteiger partial charge in [0.1, 0.15) is 0 Å². The monoisotopic (exact) mass is 279 g/mol. The van der Waals surface area contributed by atoms with Gasteiger partial charge >= 0.3 is 0 Å². The van der Waals surface area contributed by atoms with E-state index in [1.54, 1.807) is 0 Å². The molecule has 21 heavy (non-hydrogen) atoms. The third-order valence-electron chi connectivity index (χ3n) is 3.62. The second kappa shape index (κ2) is 5.38. The van der Waals surface area contributed by atoms with Gasteiger partial charge in [0.2, 0.25) is 0 Å². The van der Waals surface area contributed by atoms with Crippen LogP contribution in [-0.2, 0) is 4.84 Å². The van der Waals surface area contributed by atoms with Gasteiger partial charge in [-0.2, -0.15) is 0 Å². The highest BCUT2D eigenvalue weighted by Gasteiger charge is 2.36. The predicted molar refractivity (Wildman–Crippen MR) is 86.3 cm³/mol. The standard InChI is InChI=1S/C19H21NO/c1-19(2,3)20-17(15-10-6-4-7-11-15)14-18(21-20)16-12-8-5-9-13-16/h4-14,17H,1-3H3. The molecule has 0 N–H and O–H groups in total. The lowest BCUT2D eigenvalue weighted by Gasteiger charge is -2.35. The number of rotatable bonds is 2. The molecule has 1 atom stereocenters. The number of hydroxylamine groups is 2. The predicted octanol–water partition coefficient (Wildman–Crippen LogP) is 4.81. The molecule has 108 valence electrons. The Kier molecular flexibility index (Phi) is 3.56. The van der Waals surface area contributed by atoms with Gasteiger partial charge in [-0.1, -0.05) is 60.7 Å². The Morgan fingerprint density at radius 1 is 0.857 bits per heavy atom. The fourth-order valence-corrected chi connectivity index (χ4v) is 2.59. The minimum Gasteiger partial charge on any atom is -0.404 e. The van der Waals surface area contributed by atoms with Crippen LogP contribution in [0.5, 0.6) is 0 Å². The SMILES string of the molecule is CC(C)(C)N1OC(c2ccccc2)=CC1c1ccccc1. The van der Waals surface area contributed by atoms with E-state index in [-0.39, 0.29) is 11.6 Å². The van der Waals surface area contributed by atoms with Crippen LogP contribution >= 0.6 is 0 Å². The lowest BCUT2D eigenvalue weighted by Crippen LogP contribution is -2.40. The van der Waals surface area contributed by atoms with Crippen LogP contribution in [0.2, 0.25) is 0 Å². The van der Waals surface area contributed by atoms with Crippen molar-refractivity contribution in [3.63, 3.8) is 0 Å². The molecule has 0 amide bonds. The average Bonchev–Trinajstić information content (AvgIpc) is 2.94.